The summed E-state index contributed by atoms with van der Waals surface area (Å²) < 4.78 is 18.6. The normalized spacial score (nSPS) is 13.5. The fourth-order valence-corrected chi connectivity index (χ4v) is 4.04. The van der Waals surface area contributed by atoms with Crippen molar-refractivity contribution in [3.63, 3.8) is 0 Å². The quantitative estimate of drug-likeness (QED) is 0.586. The van der Waals surface area contributed by atoms with Crippen LogP contribution < -0.4 is 19.5 Å². The number of imidazole rings is 1. The first kappa shape index (κ1) is 20.2. The summed E-state index contributed by atoms with van der Waals surface area (Å²) in [6.45, 7) is 1.09. The van der Waals surface area contributed by atoms with E-state index >= 15 is 0 Å². The lowest BCUT2D eigenvalue weighted by atomic mass is 10.0. The van der Waals surface area contributed by atoms with Gasteiger partial charge in [0.2, 0.25) is 5.91 Å². The lowest BCUT2D eigenvalue weighted by Gasteiger charge is -2.21. The van der Waals surface area contributed by atoms with E-state index in [2.05, 4.69) is 10.3 Å². The molecule has 1 aliphatic rings. The number of methoxy groups -OCH3 is 1. The Morgan fingerprint density at radius 2 is 2.03 bits per heavy atom. The van der Waals surface area contributed by atoms with Gasteiger partial charge in [-0.1, -0.05) is 18.2 Å². The summed E-state index contributed by atoms with van der Waals surface area (Å²) in [7, 11) is 3.52. The van der Waals surface area contributed by atoms with E-state index in [4.69, 9.17) is 14.2 Å². The minimum absolute atomic E-state index is 0.103. The Hall–Kier alpha value is -3.13. The predicted molar refractivity (Wildman–Crippen MR) is 114 cm³/mol. The highest BCUT2D eigenvalue weighted by Gasteiger charge is 2.24. The van der Waals surface area contributed by atoms with Crippen LogP contribution in [0.1, 0.15) is 17.4 Å². The zero-order valence-electron chi connectivity index (χ0n) is 16.8. The van der Waals surface area contributed by atoms with Gasteiger partial charge in [0.05, 0.1) is 12.9 Å². The number of carbonyl (C=O) groups excluding carboxylic acids is 1. The Bertz CT molecular complexity index is 1040. The average molecular weight is 426 g/mol. The van der Waals surface area contributed by atoms with Crippen molar-refractivity contribution in [3.8, 4) is 17.2 Å². The zero-order chi connectivity index (χ0) is 20.9. The van der Waals surface area contributed by atoms with Crippen LogP contribution >= 0.6 is 11.8 Å². The van der Waals surface area contributed by atoms with E-state index in [9.17, 15) is 4.79 Å². The van der Waals surface area contributed by atoms with Crippen molar-refractivity contribution in [2.45, 2.75) is 10.9 Å². The van der Waals surface area contributed by atoms with E-state index in [1.54, 1.807) is 13.3 Å². The molecule has 3 aromatic rings. The molecule has 30 heavy (non-hydrogen) atoms. The SMILES string of the molecule is COc1ccccc1C(NC(=O)CSc1ccc2c(c1)OCCO2)c1nccn1C. The number of thioether (sulfide) groups is 1. The molecule has 1 N–H and O–H groups in total. The Balaban J connectivity index is 1.49. The van der Waals surface area contributed by atoms with Gasteiger partial charge in [-0.15, -0.1) is 11.8 Å². The largest absolute Gasteiger partial charge is 0.496 e. The summed E-state index contributed by atoms with van der Waals surface area (Å²) >= 11 is 1.44. The summed E-state index contributed by atoms with van der Waals surface area (Å²) in [6.07, 6.45) is 3.57. The fourth-order valence-electron chi connectivity index (χ4n) is 3.31. The second-order valence-corrected chi connectivity index (χ2v) is 7.78. The number of benzene rings is 2. The number of hydrogen-bond acceptors (Lipinski definition) is 6. The Morgan fingerprint density at radius 3 is 2.80 bits per heavy atom. The number of fused-ring (bicyclic) bond motifs is 1. The highest BCUT2D eigenvalue weighted by Crippen LogP contribution is 2.34. The van der Waals surface area contributed by atoms with Crippen molar-refractivity contribution in [3.05, 3.63) is 66.2 Å². The van der Waals surface area contributed by atoms with Gasteiger partial charge >= 0.3 is 0 Å². The standard InChI is InChI=1S/C22H23N3O4S/c1-25-10-9-23-22(25)21(16-5-3-4-6-17(16)27-2)24-20(26)14-30-15-7-8-18-19(13-15)29-12-11-28-18/h3-10,13,21H,11-12,14H2,1-2H3,(H,24,26). The van der Waals surface area contributed by atoms with E-state index in [-0.39, 0.29) is 11.7 Å². The Kier molecular flexibility index (Phi) is 6.13. The van der Waals surface area contributed by atoms with E-state index in [0.29, 0.717) is 24.7 Å². The number of amides is 1. The van der Waals surface area contributed by atoms with E-state index in [1.807, 2.05) is 60.3 Å². The van der Waals surface area contributed by atoms with E-state index in [0.717, 1.165) is 22.0 Å². The van der Waals surface area contributed by atoms with Gasteiger partial charge in [-0.25, -0.2) is 4.98 Å². The van der Waals surface area contributed by atoms with Gasteiger partial charge < -0.3 is 24.1 Å². The summed E-state index contributed by atoms with van der Waals surface area (Å²) in [5, 5.41) is 3.10. The molecule has 0 saturated heterocycles. The Labute approximate surface area is 179 Å². The van der Waals surface area contributed by atoms with Crippen molar-refractivity contribution in [2.75, 3.05) is 26.1 Å². The lowest BCUT2D eigenvalue weighted by Crippen LogP contribution is -2.32. The number of nitrogens with one attached hydrogen (secondary N) is 1. The van der Waals surface area contributed by atoms with Crippen LogP contribution in [0, 0.1) is 0 Å². The molecule has 156 valence electrons. The molecule has 1 aromatic heterocycles. The van der Waals surface area contributed by atoms with Gasteiger partial charge in [-0.2, -0.15) is 0 Å². The minimum atomic E-state index is -0.422. The molecular formula is C22H23N3O4S. The van der Waals surface area contributed by atoms with Gasteiger partial charge in [-0.05, 0) is 24.3 Å². The molecule has 1 amide bonds. The molecule has 0 aliphatic carbocycles. The number of rotatable bonds is 7. The highest BCUT2D eigenvalue weighted by molar-refractivity contribution is 8.00. The smallest absolute Gasteiger partial charge is 0.231 e. The number of ether oxygens (including phenoxy) is 3. The molecule has 8 heteroatoms. The maximum atomic E-state index is 12.8. The zero-order valence-corrected chi connectivity index (χ0v) is 17.6. The second kappa shape index (κ2) is 9.13. The number of nitrogens with zero attached hydrogens (tertiary/aromatic N) is 2. The molecule has 0 fully saturated rings. The van der Waals surface area contributed by atoms with Crippen molar-refractivity contribution >= 4 is 17.7 Å². The lowest BCUT2D eigenvalue weighted by molar-refractivity contribution is -0.119. The third-order valence-electron chi connectivity index (χ3n) is 4.76. The number of para-hydroxylation sites is 1. The molecule has 0 radical (unpaired) electrons. The average Bonchev–Trinajstić information content (AvgIpc) is 3.21. The number of hydrogen-bond donors (Lipinski definition) is 1. The first-order chi connectivity index (χ1) is 14.7. The number of aryl methyl sites for hydroxylation is 1. The molecule has 0 bridgehead atoms. The molecule has 4 rings (SSSR count). The van der Waals surface area contributed by atoms with Gasteiger partial charge in [0, 0.05) is 29.9 Å². The summed E-state index contributed by atoms with van der Waals surface area (Å²) in [4.78, 5) is 18.2. The van der Waals surface area contributed by atoms with Crippen LogP contribution in [-0.2, 0) is 11.8 Å². The van der Waals surface area contributed by atoms with Crippen LogP contribution in [0.4, 0.5) is 0 Å². The van der Waals surface area contributed by atoms with Crippen molar-refractivity contribution < 1.29 is 19.0 Å². The van der Waals surface area contributed by atoms with Gasteiger partial charge in [0.1, 0.15) is 30.8 Å². The molecular weight excluding hydrogens is 402 g/mol. The van der Waals surface area contributed by atoms with E-state index < -0.39 is 6.04 Å². The Morgan fingerprint density at radius 1 is 1.23 bits per heavy atom. The molecule has 0 saturated carbocycles. The number of carbonyl (C=O) groups is 1. The highest BCUT2D eigenvalue weighted by atomic mass is 32.2. The van der Waals surface area contributed by atoms with Gasteiger partial charge in [-0.3, -0.25) is 4.79 Å². The molecule has 1 unspecified atom stereocenters. The third kappa shape index (κ3) is 4.38. The maximum absolute atomic E-state index is 12.8. The first-order valence-electron chi connectivity index (χ1n) is 9.57. The van der Waals surface area contributed by atoms with E-state index in [1.165, 1.54) is 11.8 Å². The van der Waals surface area contributed by atoms with Crippen LogP contribution in [-0.4, -0.2) is 41.5 Å². The molecule has 0 spiro atoms. The fraction of sp³-hybridized carbons (Fsp3) is 0.273. The summed E-state index contributed by atoms with van der Waals surface area (Å²) in [5.74, 6) is 3.04. The topological polar surface area (TPSA) is 74.6 Å². The second-order valence-electron chi connectivity index (χ2n) is 6.73. The van der Waals surface area contributed by atoms with Gasteiger partial charge in [0.25, 0.3) is 0 Å². The first-order valence-corrected chi connectivity index (χ1v) is 10.6. The minimum Gasteiger partial charge on any atom is -0.496 e. The van der Waals surface area contributed by atoms with Crippen LogP contribution in [0.5, 0.6) is 17.2 Å². The monoisotopic (exact) mass is 425 g/mol. The predicted octanol–water partition coefficient (Wildman–Crippen LogP) is 3.20. The molecule has 2 heterocycles. The molecule has 1 aliphatic heterocycles. The van der Waals surface area contributed by atoms with Crippen molar-refractivity contribution in [1.82, 2.24) is 14.9 Å². The third-order valence-corrected chi connectivity index (χ3v) is 5.75. The van der Waals surface area contributed by atoms with Crippen molar-refractivity contribution in [2.24, 2.45) is 7.05 Å². The van der Waals surface area contributed by atoms with Crippen LogP contribution in [0.2, 0.25) is 0 Å². The van der Waals surface area contributed by atoms with Gasteiger partial charge in [0.15, 0.2) is 11.5 Å². The molecule has 7 nitrogen and oxygen atoms in total. The summed E-state index contributed by atoms with van der Waals surface area (Å²) in [6, 6.07) is 12.9. The van der Waals surface area contributed by atoms with Crippen molar-refractivity contribution in [1.29, 1.82) is 0 Å². The maximum Gasteiger partial charge on any atom is 0.231 e. The van der Waals surface area contributed by atoms with Crippen LogP contribution in [0.15, 0.2) is 59.8 Å². The van der Waals surface area contributed by atoms with Crippen LogP contribution in [0.25, 0.3) is 0 Å². The van der Waals surface area contributed by atoms with Crippen LogP contribution in [0.3, 0.4) is 0 Å². The molecule has 2 aromatic carbocycles. The summed E-state index contributed by atoms with van der Waals surface area (Å²) in [5.41, 5.74) is 0.854. The molecule has 1 atom stereocenters. The number of aromatic nitrogens is 2.